The number of amides is 7. The van der Waals surface area contributed by atoms with E-state index in [4.69, 9.17) is 15.2 Å². The highest BCUT2D eigenvalue weighted by atomic mass is 16.6. The van der Waals surface area contributed by atoms with Crippen LogP contribution in [-0.4, -0.2) is 134 Å². The molecule has 0 aromatic rings. The molecular weight excluding hydrogens is 961 g/mol. The Morgan fingerprint density at radius 3 is 1.25 bits per heavy atom. The number of aliphatic hydroxyl groups excluding tert-OH is 2. The van der Waals surface area contributed by atoms with Gasteiger partial charge in [-0.15, -0.1) is 0 Å². The van der Waals surface area contributed by atoms with Gasteiger partial charge in [0.25, 0.3) is 0 Å². The predicted octanol–water partition coefficient (Wildman–Crippen LogP) is 6.25. The zero-order valence-electron chi connectivity index (χ0n) is 47.0. The minimum Gasteiger partial charge on any atom is -0.444 e. The number of alkyl carbamates (subject to hydrolysis) is 2. The lowest BCUT2D eigenvalue weighted by Gasteiger charge is -2.34. The minimum absolute atomic E-state index is 0.000545. The van der Waals surface area contributed by atoms with Gasteiger partial charge in [-0.2, -0.15) is 5.26 Å². The standard InChI is InChI=1S/C28H48N4O6.C28H46N4O5/c1-27(2,3)38-26(37)31-19-15-13-11-9-7-6-8-10-12-14-18(22(33)23(29)34)30-24(35)21-20-17(28(20,4)5)16-32(21)25(19)36;1-27(2,3)37-26(36)31-20-15-13-11-9-7-6-8-10-12-14-19(21(33)16-29)30-24(34)23-22-18(28(22,4)5)17-32(23)25(20)35/h17-22,33H,6-16H2,1-5H3,(H2,29,34)(H,30,35)(H,31,37);18-23,33H,6-15,17H2,1-5H3,(H,30,34)(H,31,36)/t17-,18-,19-,20-,21-,22?;18-,19-,20-,21?,22-,23-/m00/s1. The number of nitrogens with zero attached hydrogens (tertiary/aromatic N) is 3. The third-order valence-electron chi connectivity index (χ3n) is 16.9. The van der Waals surface area contributed by atoms with Crippen LogP contribution in [-0.2, 0) is 33.4 Å². The SMILES string of the molecule is CC(C)(C)OC(=O)N[C@H]1CCCCCCCCCC[C@@H](C(O)C#N)NC(=O)[C@@H]2[C@@H]3[C@H](CN2C1=O)C3(C)C.CC(C)(C)OC(=O)N[C@H]1CCCCCCCCCC[C@@H](C(O)C(N)=O)NC(=O)[C@@H]2[C@@H]3[C@H](CN2C1=O)C3(C)C. The van der Waals surface area contributed by atoms with E-state index in [0.29, 0.717) is 38.8 Å². The molecule has 0 spiro atoms. The van der Waals surface area contributed by atoms with Gasteiger partial charge < -0.3 is 56.5 Å². The molecule has 0 aromatic carbocycles. The summed E-state index contributed by atoms with van der Waals surface area (Å²) in [6.45, 7) is 19.9. The highest BCUT2D eigenvalue weighted by Gasteiger charge is 2.71. The molecule has 75 heavy (non-hydrogen) atoms. The van der Waals surface area contributed by atoms with Crippen LogP contribution in [0, 0.1) is 45.8 Å². The largest absolute Gasteiger partial charge is 0.444 e. The number of piperidine rings is 2. The van der Waals surface area contributed by atoms with Gasteiger partial charge in [0.15, 0.2) is 12.2 Å². The van der Waals surface area contributed by atoms with Crippen molar-refractivity contribution in [3.63, 3.8) is 0 Å². The van der Waals surface area contributed by atoms with E-state index in [0.717, 1.165) is 103 Å². The molecule has 4 saturated heterocycles. The van der Waals surface area contributed by atoms with Crippen molar-refractivity contribution in [1.82, 2.24) is 31.1 Å². The Morgan fingerprint density at radius 1 is 0.600 bits per heavy atom. The second-order valence-electron chi connectivity index (χ2n) is 25.6. The van der Waals surface area contributed by atoms with E-state index in [1.807, 2.05) is 6.07 Å². The molecule has 0 radical (unpaired) electrons. The summed E-state index contributed by atoms with van der Waals surface area (Å²) in [5.41, 5.74) is 3.81. The molecule has 7 amide bonds. The average Bonchev–Trinajstić information content (AvgIpc) is 3.75. The van der Waals surface area contributed by atoms with Crippen molar-refractivity contribution in [3.8, 4) is 6.07 Å². The molecule has 2 aliphatic carbocycles. The number of aliphatic hydroxyl groups is 2. The van der Waals surface area contributed by atoms with E-state index in [9.17, 15) is 49.0 Å². The number of nitriles is 1. The lowest BCUT2D eigenvalue weighted by atomic mass is 9.97. The lowest BCUT2D eigenvalue weighted by Crippen LogP contribution is -2.58. The van der Waals surface area contributed by atoms with Gasteiger partial charge in [-0.05, 0) is 102 Å². The van der Waals surface area contributed by atoms with Gasteiger partial charge in [-0.3, -0.25) is 24.0 Å². The first-order valence-electron chi connectivity index (χ1n) is 28.4. The third kappa shape index (κ3) is 16.7. The number of nitrogens with two attached hydrogens (primary N) is 1. The van der Waals surface area contributed by atoms with Crippen LogP contribution in [0.25, 0.3) is 0 Å². The molecule has 4 aliphatic heterocycles. The Kier molecular flexibility index (Phi) is 21.3. The number of ether oxygens (including phenoxy) is 2. The van der Waals surface area contributed by atoms with E-state index in [-0.39, 0.29) is 58.1 Å². The van der Waals surface area contributed by atoms with E-state index in [2.05, 4.69) is 49.0 Å². The summed E-state index contributed by atoms with van der Waals surface area (Å²) in [4.78, 5) is 95.3. The first-order valence-corrected chi connectivity index (χ1v) is 28.4. The molecule has 424 valence electrons. The number of fused-ring (bicyclic) bond motifs is 6. The van der Waals surface area contributed by atoms with Crippen molar-refractivity contribution in [1.29, 1.82) is 5.26 Å². The van der Waals surface area contributed by atoms with Crippen molar-refractivity contribution in [2.75, 3.05) is 13.1 Å². The third-order valence-corrected chi connectivity index (χ3v) is 16.9. The molecule has 6 fully saturated rings. The van der Waals surface area contributed by atoms with Crippen LogP contribution in [0.3, 0.4) is 0 Å². The van der Waals surface area contributed by atoms with Crippen LogP contribution in [0.4, 0.5) is 9.59 Å². The topological polar surface area (TPSA) is 283 Å². The van der Waals surface area contributed by atoms with Crippen LogP contribution in [0.5, 0.6) is 0 Å². The second-order valence-corrected chi connectivity index (χ2v) is 25.6. The summed E-state index contributed by atoms with van der Waals surface area (Å²) < 4.78 is 10.9. The Morgan fingerprint density at radius 2 is 0.920 bits per heavy atom. The number of rotatable bonds is 5. The summed E-state index contributed by atoms with van der Waals surface area (Å²) in [5, 5.41) is 41.5. The fraction of sp³-hybridized carbons (Fsp3) is 0.857. The van der Waals surface area contributed by atoms with Crippen LogP contribution in [0.15, 0.2) is 0 Å². The van der Waals surface area contributed by atoms with Crippen molar-refractivity contribution >= 4 is 41.7 Å². The minimum atomic E-state index is -1.50. The molecule has 19 heteroatoms. The first kappa shape index (κ1) is 61.2. The monoisotopic (exact) mass is 1050 g/mol. The Bertz CT molecular complexity index is 2050. The number of nitrogens with one attached hydrogen (secondary N) is 4. The summed E-state index contributed by atoms with van der Waals surface area (Å²) in [5.74, 6) is -1.84. The molecule has 2 unspecified atom stereocenters. The number of carbonyl (C=O) groups excluding carboxylic acids is 7. The number of carbonyl (C=O) groups is 7. The van der Waals surface area contributed by atoms with E-state index >= 15 is 0 Å². The van der Waals surface area contributed by atoms with Crippen molar-refractivity contribution < 1.29 is 53.2 Å². The maximum Gasteiger partial charge on any atom is 0.408 e. The van der Waals surface area contributed by atoms with Gasteiger partial charge >= 0.3 is 12.2 Å². The smallest absolute Gasteiger partial charge is 0.408 e. The molecule has 0 bridgehead atoms. The molecule has 6 aliphatic rings. The highest BCUT2D eigenvalue weighted by Crippen LogP contribution is 2.66. The van der Waals surface area contributed by atoms with Crippen LogP contribution >= 0.6 is 0 Å². The molecule has 12 atom stereocenters. The number of hydrogen-bond acceptors (Lipinski definition) is 12. The van der Waals surface area contributed by atoms with E-state index < -0.39 is 77.8 Å². The van der Waals surface area contributed by atoms with Gasteiger partial charge in [-0.1, -0.05) is 130 Å². The van der Waals surface area contributed by atoms with Gasteiger partial charge in [0, 0.05) is 13.1 Å². The number of hydrogen-bond donors (Lipinski definition) is 7. The predicted molar refractivity (Wildman–Crippen MR) is 282 cm³/mol. The zero-order chi connectivity index (χ0) is 55.6. The molecule has 2 saturated carbocycles. The van der Waals surface area contributed by atoms with Crippen LogP contribution in [0.2, 0.25) is 0 Å². The summed E-state index contributed by atoms with van der Waals surface area (Å²) >= 11 is 0. The maximum absolute atomic E-state index is 13.9. The van der Waals surface area contributed by atoms with E-state index in [1.54, 1.807) is 51.3 Å². The summed E-state index contributed by atoms with van der Waals surface area (Å²) in [7, 11) is 0. The van der Waals surface area contributed by atoms with Crippen LogP contribution in [0.1, 0.15) is 198 Å². The first-order chi connectivity index (χ1) is 35.1. The number of primary amides is 1. The fourth-order valence-corrected chi connectivity index (χ4v) is 12.4. The van der Waals surface area contributed by atoms with Crippen LogP contribution < -0.4 is 27.0 Å². The highest BCUT2D eigenvalue weighted by molar-refractivity contribution is 5.94. The second kappa shape index (κ2) is 26.1. The van der Waals surface area contributed by atoms with Gasteiger partial charge in [0.2, 0.25) is 29.5 Å². The normalized spacial score (nSPS) is 31.9. The average molecular weight is 1060 g/mol. The summed E-state index contributed by atoms with van der Waals surface area (Å²) in [6.07, 6.45) is 13.3. The maximum atomic E-state index is 13.9. The molecule has 0 aromatic heterocycles. The Balaban J connectivity index is 0.000000277. The van der Waals surface area contributed by atoms with Gasteiger partial charge in [0.05, 0.1) is 18.2 Å². The molecular formula is C56H94N8O11. The van der Waals surface area contributed by atoms with Crippen molar-refractivity contribution in [2.24, 2.45) is 40.2 Å². The molecule has 4 heterocycles. The molecule has 8 N–H and O–H groups in total. The fourth-order valence-electron chi connectivity index (χ4n) is 12.4. The van der Waals surface area contributed by atoms with Crippen molar-refractivity contribution in [3.05, 3.63) is 0 Å². The zero-order valence-corrected chi connectivity index (χ0v) is 47.0. The summed E-state index contributed by atoms with van der Waals surface area (Å²) in [6, 6.07) is -2.65. The Labute approximate surface area is 446 Å². The lowest BCUT2D eigenvalue weighted by molar-refractivity contribution is -0.143. The van der Waals surface area contributed by atoms with Gasteiger partial charge in [-0.25, -0.2) is 9.59 Å². The van der Waals surface area contributed by atoms with Crippen molar-refractivity contribution in [2.45, 2.75) is 257 Å². The molecule has 6 rings (SSSR count). The molecule has 19 nitrogen and oxygen atoms in total. The Hall–Kier alpha value is -4.70. The van der Waals surface area contributed by atoms with E-state index in [1.165, 1.54) is 0 Å². The quantitative estimate of drug-likeness (QED) is 0.150. The van der Waals surface area contributed by atoms with Gasteiger partial charge in [0.1, 0.15) is 35.4 Å².